The number of sulfone groups is 1. The molecule has 1 heterocycles. The first-order chi connectivity index (χ1) is 14.6. The average molecular weight is 489 g/mol. The Morgan fingerprint density at radius 1 is 1.03 bits per heavy atom. The topological polar surface area (TPSA) is 57.6 Å². The number of nitrogens with zero attached hydrogens (tertiary/aromatic N) is 1. The summed E-state index contributed by atoms with van der Waals surface area (Å²) in [5, 5.41) is 9.76. The first kappa shape index (κ1) is 24.1. The van der Waals surface area contributed by atoms with Gasteiger partial charge in [0.15, 0.2) is 0 Å². The molecule has 2 aromatic carbocycles. The Bertz CT molecular complexity index is 1100. The minimum absolute atomic E-state index is 0.0761. The number of rotatable bonds is 3. The molecule has 3 rings (SSSR count). The highest BCUT2D eigenvalue weighted by molar-refractivity contribution is 7.92. The van der Waals surface area contributed by atoms with Gasteiger partial charge in [0.2, 0.25) is 15.3 Å². The number of halogens is 8. The summed E-state index contributed by atoms with van der Waals surface area (Å²) in [6, 6.07) is 4.43. The monoisotopic (exact) mass is 489 g/mol. The number of hydrogen-bond donors (Lipinski definition) is 1. The minimum atomic E-state index is -5.12. The summed E-state index contributed by atoms with van der Waals surface area (Å²) in [4.78, 5) is -0.143. The molecule has 0 fully saturated rings. The molecular weight excluding hydrogens is 474 g/mol. The highest BCUT2D eigenvalue weighted by atomic mass is 32.2. The normalized spacial score (nSPS) is 21.2. The number of fused-ring (bicyclic) bond motifs is 1. The van der Waals surface area contributed by atoms with Crippen molar-refractivity contribution in [3.63, 3.8) is 0 Å². The Kier molecular flexibility index (Phi) is 6.09. The molecule has 0 spiro atoms. The first-order valence-electron chi connectivity index (χ1n) is 9.03. The van der Waals surface area contributed by atoms with Gasteiger partial charge in [-0.1, -0.05) is 0 Å². The highest BCUT2D eigenvalue weighted by Crippen LogP contribution is 2.47. The van der Waals surface area contributed by atoms with Crippen LogP contribution in [0, 0.1) is 11.7 Å². The van der Waals surface area contributed by atoms with Gasteiger partial charge < -0.3 is 10.0 Å². The van der Waals surface area contributed by atoms with Crippen LogP contribution >= 0.6 is 0 Å². The predicted molar refractivity (Wildman–Crippen MR) is 97.4 cm³/mol. The van der Waals surface area contributed by atoms with Gasteiger partial charge in [-0.05, 0) is 36.8 Å². The Labute approximate surface area is 177 Å². The van der Waals surface area contributed by atoms with Gasteiger partial charge in [0, 0.05) is 30.6 Å². The van der Waals surface area contributed by atoms with Crippen molar-refractivity contribution in [1.82, 2.24) is 0 Å². The van der Waals surface area contributed by atoms with Gasteiger partial charge in [0.1, 0.15) is 11.6 Å². The highest BCUT2D eigenvalue weighted by Gasteiger charge is 2.45. The van der Waals surface area contributed by atoms with E-state index in [-0.39, 0.29) is 17.8 Å². The molecule has 1 aliphatic rings. The van der Waals surface area contributed by atoms with E-state index in [1.165, 1.54) is 0 Å². The number of phenols is 1. The summed E-state index contributed by atoms with van der Waals surface area (Å²) >= 11 is 0. The predicted octanol–water partition coefficient (Wildman–Crippen LogP) is 5.73. The van der Waals surface area contributed by atoms with Crippen molar-refractivity contribution in [2.24, 2.45) is 5.92 Å². The van der Waals surface area contributed by atoms with Gasteiger partial charge in [-0.15, -0.1) is 0 Å². The molecule has 2 aromatic rings. The fourth-order valence-corrected chi connectivity index (χ4v) is 5.16. The molecule has 0 bridgehead atoms. The van der Waals surface area contributed by atoms with Crippen LogP contribution in [0.15, 0.2) is 41.3 Å². The summed E-state index contributed by atoms with van der Waals surface area (Å²) in [5.74, 6) is -4.01. The fourth-order valence-electron chi connectivity index (χ4n) is 3.45. The molecular formula is C19H15F8NO3S. The van der Waals surface area contributed by atoms with Gasteiger partial charge >= 0.3 is 12.4 Å². The Balaban J connectivity index is 2.24. The second kappa shape index (κ2) is 8.09. The molecule has 1 N–H and O–H groups in total. The van der Waals surface area contributed by atoms with Crippen molar-refractivity contribution in [2.45, 2.75) is 35.6 Å². The maximum atomic E-state index is 15.0. The van der Waals surface area contributed by atoms with Crippen molar-refractivity contribution in [3.05, 3.63) is 47.8 Å². The summed E-state index contributed by atoms with van der Waals surface area (Å²) in [6.45, 7) is -0.739. The number of alkyl halides is 7. The third-order valence-electron chi connectivity index (χ3n) is 5.00. The molecule has 0 radical (unpaired) electrons. The first-order valence-corrected chi connectivity index (χ1v) is 10.6. The number of phenolic OH excluding ortho intramolecular Hbond substituents is 1. The van der Waals surface area contributed by atoms with Gasteiger partial charge in [-0.3, -0.25) is 0 Å². The van der Waals surface area contributed by atoms with Crippen LogP contribution in [0.25, 0.3) is 0 Å². The van der Waals surface area contributed by atoms with Crippen LogP contribution in [0.5, 0.6) is 5.75 Å². The molecule has 0 saturated heterocycles. The lowest BCUT2D eigenvalue weighted by Crippen LogP contribution is -2.32. The lowest BCUT2D eigenvalue weighted by molar-refractivity contribution is -0.139. The van der Waals surface area contributed by atoms with Crippen molar-refractivity contribution < 1.29 is 48.6 Å². The molecule has 0 saturated carbocycles. The van der Waals surface area contributed by atoms with Crippen molar-refractivity contribution >= 4 is 21.2 Å². The van der Waals surface area contributed by atoms with Crippen molar-refractivity contribution in [1.29, 1.82) is 0 Å². The molecule has 0 aromatic heterocycles. The molecule has 0 amide bonds. The lowest BCUT2D eigenvalue weighted by Gasteiger charge is -2.28. The second-order valence-corrected chi connectivity index (χ2v) is 9.21. The van der Waals surface area contributed by atoms with E-state index in [1.807, 2.05) is 0 Å². The van der Waals surface area contributed by atoms with Crippen LogP contribution in [0.4, 0.5) is 46.5 Å². The molecule has 0 aliphatic carbocycles. The molecule has 4 nitrogen and oxygen atoms in total. The van der Waals surface area contributed by atoms with E-state index in [9.17, 15) is 44.3 Å². The Morgan fingerprint density at radius 3 is 2.16 bits per heavy atom. The molecule has 0 unspecified atom stereocenters. The lowest BCUT2D eigenvalue weighted by atomic mass is 10.0. The number of benzene rings is 2. The quantitative estimate of drug-likeness (QED) is 0.560. The maximum Gasteiger partial charge on any atom is 0.420 e. The van der Waals surface area contributed by atoms with Crippen molar-refractivity contribution in [3.8, 4) is 5.75 Å². The van der Waals surface area contributed by atoms with Crippen LogP contribution in [0.1, 0.15) is 18.4 Å². The van der Waals surface area contributed by atoms with Gasteiger partial charge in [-0.2, -0.15) is 26.3 Å². The van der Waals surface area contributed by atoms with Crippen molar-refractivity contribution in [2.75, 3.05) is 11.4 Å². The minimum Gasteiger partial charge on any atom is -0.507 e. The molecule has 176 valence electrons. The van der Waals surface area contributed by atoms with Crippen LogP contribution in [0.3, 0.4) is 0 Å². The van der Waals surface area contributed by atoms with E-state index in [1.54, 1.807) is 0 Å². The summed E-state index contributed by atoms with van der Waals surface area (Å²) in [7, 11) is -5.09. The van der Waals surface area contributed by atoms with Crippen LogP contribution in [0.2, 0.25) is 0 Å². The largest absolute Gasteiger partial charge is 0.507 e. The maximum absolute atomic E-state index is 15.0. The molecule has 2 atom stereocenters. The van der Waals surface area contributed by atoms with E-state index in [2.05, 4.69) is 0 Å². The van der Waals surface area contributed by atoms with E-state index in [0.717, 1.165) is 29.2 Å². The number of anilines is 2. The third-order valence-corrected chi connectivity index (χ3v) is 6.92. The zero-order valence-electron chi connectivity index (χ0n) is 15.9. The second-order valence-electron chi connectivity index (χ2n) is 7.23. The van der Waals surface area contributed by atoms with E-state index in [4.69, 9.17) is 0 Å². The van der Waals surface area contributed by atoms with Gasteiger partial charge in [0.05, 0.1) is 16.1 Å². The van der Waals surface area contributed by atoms with Crippen LogP contribution in [-0.4, -0.2) is 31.7 Å². The van der Waals surface area contributed by atoms with E-state index < -0.39 is 80.7 Å². The summed E-state index contributed by atoms with van der Waals surface area (Å²) in [5.41, 5.74) is -5.28. The van der Waals surface area contributed by atoms with Crippen LogP contribution in [-0.2, 0) is 16.0 Å². The third kappa shape index (κ3) is 4.76. The van der Waals surface area contributed by atoms with E-state index >= 15 is 4.39 Å². The van der Waals surface area contributed by atoms with Gasteiger partial charge in [0.25, 0.3) is 0 Å². The average Bonchev–Trinajstić information content (AvgIpc) is 2.74. The molecule has 13 heteroatoms. The zero-order valence-corrected chi connectivity index (χ0v) is 16.7. The summed E-state index contributed by atoms with van der Waals surface area (Å²) < 4.78 is 132. The number of aromatic hydroxyl groups is 1. The standard InChI is InChI=1S/C19H15F8NO3S/c20-11-1-3-12(4-2-11)28-9-10(5-6-18(22,23)24)17(21)32(30,31)16-8-15(29)13(7-14(16)28)19(25,26)27/h1-4,7-8,10,17,29H,5-6,9H2/t10-,17+/m1/s1. The SMILES string of the molecule is O=S1(=O)c2cc(O)c(C(F)(F)F)cc2N(c2ccc(F)cc2)C[C@@H](CCC(F)(F)F)[C@H]1F. The molecule has 32 heavy (non-hydrogen) atoms. The Hall–Kier alpha value is -2.57. The smallest absolute Gasteiger partial charge is 0.420 e. The van der Waals surface area contributed by atoms with E-state index in [0.29, 0.717) is 0 Å². The van der Waals surface area contributed by atoms with Gasteiger partial charge in [-0.25, -0.2) is 17.2 Å². The zero-order chi connectivity index (χ0) is 24.1. The molecule has 1 aliphatic heterocycles. The Morgan fingerprint density at radius 2 is 1.62 bits per heavy atom. The fraction of sp³-hybridized carbons (Fsp3) is 0.368. The number of hydrogen-bond acceptors (Lipinski definition) is 4. The summed E-state index contributed by atoms with van der Waals surface area (Å²) in [6.07, 6.45) is -12.3. The van der Waals surface area contributed by atoms with Crippen LogP contribution < -0.4 is 4.90 Å².